The Kier molecular flexibility index (Phi) is 5.59. The normalized spacial score (nSPS) is 15.4. The second kappa shape index (κ2) is 6.59. The van der Waals surface area contributed by atoms with E-state index in [1.54, 1.807) is 13.3 Å². The highest BCUT2D eigenvalue weighted by atomic mass is 16.5. The van der Waals surface area contributed by atoms with E-state index in [2.05, 4.69) is 39.7 Å². The minimum Gasteiger partial charge on any atom is -0.493 e. The van der Waals surface area contributed by atoms with Crippen molar-refractivity contribution in [2.75, 3.05) is 13.7 Å². The van der Waals surface area contributed by atoms with Gasteiger partial charge in [-0.1, -0.05) is 20.8 Å². The highest BCUT2D eigenvalue weighted by Crippen LogP contribution is 2.36. The molecule has 0 spiro atoms. The van der Waals surface area contributed by atoms with Gasteiger partial charge >= 0.3 is 0 Å². The molecule has 0 aliphatic rings. The van der Waals surface area contributed by atoms with Crippen LogP contribution >= 0.6 is 0 Å². The van der Waals surface area contributed by atoms with E-state index in [0.29, 0.717) is 6.61 Å². The number of aromatic nitrogens is 2. The van der Waals surface area contributed by atoms with Crippen molar-refractivity contribution in [1.82, 2.24) is 9.78 Å². The van der Waals surface area contributed by atoms with E-state index in [9.17, 15) is 0 Å². The molecule has 0 bridgehead atoms. The summed E-state index contributed by atoms with van der Waals surface area (Å²) in [7, 11) is 1.64. The van der Waals surface area contributed by atoms with Gasteiger partial charge < -0.3 is 15.2 Å². The van der Waals surface area contributed by atoms with Gasteiger partial charge in [0.25, 0.3) is 0 Å². The lowest BCUT2D eigenvalue weighted by Crippen LogP contribution is -2.40. The fourth-order valence-corrected chi connectivity index (χ4v) is 2.46. The first-order valence-corrected chi connectivity index (χ1v) is 7.22. The third-order valence-electron chi connectivity index (χ3n) is 3.35. The Hall–Kier alpha value is -1.07. The van der Waals surface area contributed by atoms with Crippen molar-refractivity contribution < 1.29 is 9.47 Å². The Balaban J connectivity index is 3.23. The van der Waals surface area contributed by atoms with Crippen LogP contribution in [-0.4, -0.2) is 29.6 Å². The van der Waals surface area contributed by atoms with Crippen molar-refractivity contribution in [3.8, 4) is 5.75 Å². The summed E-state index contributed by atoms with van der Waals surface area (Å²) in [6.45, 7) is 13.2. The molecule has 116 valence electrons. The maximum absolute atomic E-state index is 6.51. The van der Waals surface area contributed by atoms with Gasteiger partial charge in [-0.05, 0) is 26.2 Å². The van der Waals surface area contributed by atoms with Gasteiger partial charge in [0.15, 0.2) is 5.75 Å². The molecule has 1 aromatic heterocycles. The van der Waals surface area contributed by atoms with Gasteiger partial charge in [0.1, 0.15) is 5.69 Å². The summed E-state index contributed by atoms with van der Waals surface area (Å²) >= 11 is 0. The van der Waals surface area contributed by atoms with Crippen molar-refractivity contribution in [1.29, 1.82) is 0 Å². The van der Waals surface area contributed by atoms with Crippen LogP contribution in [0.15, 0.2) is 6.20 Å². The monoisotopic (exact) mass is 283 g/mol. The smallest absolute Gasteiger partial charge is 0.161 e. The molecule has 5 heteroatoms. The first kappa shape index (κ1) is 17.0. The SMILES string of the molecule is CCOC(C(N)c1c(OC)cnn1C(C)C)C(C)(C)C. The maximum Gasteiger partial charge on any atom is 0.161 e. The van der Waals surface area contributed by atoms with Crippen LogP contribution in [0.5, 0.6) is 5.75 Å². The van der Waals surface area contributed by atoms with Crippen molar-refractivity contribution in [3.63, 3.8) is 0 Å². The van der Waals surface area contributed by atoms with Crippen molar-refractivity contribution in [2.24, 2.45) is 11.1 Å². The van der Waals surface area contributed by atoms with Crippen molar-refractivity contribution in [2.45, 2.75) is 59.7 Å². The molecule has 2 N–H and O–H groups in total. The molecule has 0 saturated carbocycles. The number of rotatable bonds is 6. The quantitative estimate of drug-likeness (QED) is 0.872. The van der Waals surface area contributed by atoms with Crippen LogP contribution in [0.3, 0.4) is 0 Å². The van der Waals surface area contributed by atoms with Crippen molar-refractivity contribution in [3.05, 3.63) is 11.9 Å². The van der Waals surface area contributed by atoms with Crippen LogP contribution in [0.25, 0.3) is 0 Å². The van der Waals surface area contributed by atoms with E-state index in [1.807, 2.05) is 11.6 Å². The van der Waals surface area contributed by atoms with E-state index in [4.69, 9.17) is 15.2 Å². The van der Waals surface area contributed by atoms with Gasteiger partial charge in [-0.15, -0.1) is 0 Å². The Morgan fingerprint density at radius 2 is 1.95 bits per heavy atom. The average molecular weight is 283 g/mol. The summed E-state index contributed by atoms with van der Waals surface area (Å²) in [5.41, 5.74) is 7.34. The highest BCUT2D eigenvalue weighted by Gasteiger charge is 2.35. The Morgan fingerprint density at radius 3 is 2.35 bits per heavy atom. The van der Waals surface area contributed by atoms with Gasteiger partial charge in [-0.3, -0.25) is 4.68 Å². The minimum absolute atomic E-state index is 0.0630. The number of hydrogen-bond donors (Lipinski definition) is 1. The van der Waals surface area contributed by atoms with Gasteiger partial charge in [0.2, 0.25) is 0 Å². The molecule has 5 nitrogen and oxygen atoms in total. The number of nitrogens with two attached hydrogens (primary N) is 1. The topological polar surface area (TPSA) is 62.3 Å². The lowest BCUT2D eigenvalue weighted by molar-refractivity contribution is -0.0304. The van der Waals surface area contributed by atoms with Gasteiger partial charge in [0, 0.05) is 12.6 Å². The second-order valence-electron chi connectivity index (χ2n) is 6.40. The Bertz CT molecular complexity index is 421. The van der Waals surface area contributed by atoms with Crippen molar-refractivity contribution >= 4 is 0 Å². The molecular formula is C15H29N3O2. The van der Waals surface area contributed by atoms with Crippen LogP contribution in [-0.2, 0) is 4.74 Å². The second-order valence-corrected chi connectivity index (χ2v) is 6.40. The fourth-order valence-electron chi connectivity index (χ4n) is 2.46. The summed E-state index contributed by atoms with van der Waals surface area (Å²) in [6, 6.07) is -0.0583. The lowest BCUT2D eigenvalue weighted by atomic mass is 9.83. The minimum atomic E-state index is -0.283. The number of hydrogen-bond acceptors (Lipinski definition) is 4. The number of methoxy groups -OCH3 is 1. The summed E-state index contributed by atoms with van der Waals surface area (Å²) in [5.74, 6) is 0.722. The number of ether oxygens (including phenoxy) is 2. The van der Waals surface area contributed by atoms with E-state index >= 15 is 0 Å². The summed E-state index contributed by atoms with van der Waals surface area (Å²) in [4.78, 5) is 0. The Labute approximate surface area is 122 Å². The largest absolute Gasteiger partial charge is 0.493 e. The highest BCUT2D eigenvalue weighted by molar-refractivity contribution is 5.29. The summed E-state index contributed by atoms with van der Waals surface area (Å²) < 4.78 is 13.2. The third-order valence-corrected chi connectivity index (χ3v) is 3.35. The van der Waals surface area contributed by atoms with Gasteiger partial charge in [0.05, 0.1) is 25.5 Å². The molecule has 0 aliphatic carbocycles. The molecule has 1 aromatic rings. The van der Waals surface area contributed by atoms with Crippen LogP contribution in [0.4, 0.5) is 0 Å². The molecule has 0 amide bonds. The lowest BCUT2D eigenvalue weighted by Gasteiger charge is -2.35. The fraction of sp³-hybridized carbons (Fsp3) is 0.800. The molecule has 0 aliphatic heterocycles. The molecular weight excluding hydrogens is 254 g/mol. The molecule has 2 atom stereocenters. The molecule has 20 heavy (non-hydrogen) atoms. The van der Waals surface area contributed by atoms with E-state index < -0.39 is 0 Å². The molecule has 0 saturated heterocycles. The molecule has 1 rings (SSSR count). The summed E-state index contributed by atoms with van der Waals surface area (Å²) in [6.07, 6.45) is 1.62. The average Bonchev–Trinajstić information content (AvgIpc) is 2.77. The Morgan fingerprint density at radius 1 is 1.35 bits per heavy atom. The first-order valence-electron chi connectivity index (χ1n) is 7.22. The van der Waals surface area contributed by atoms with E-state index in [0.717, 1.165) is 11.4 Å². The molecule has 0 fully saturated rings. The van der Waals surface area contributed by atoms with Crippen LogP contribution in [0.2, 0.25) is 0 Å². The summed E-state index contributed by atoms with van der Waals surface area (Å²) in [5, 5.41) is 4.39. The first-order chi connectivity index (χ1) is 9.23. The number of nitrogens with zero attached hydrogens (tertiary/aromatic N) is 2. The predicted molar refractivity (Wildman–Crippen MR) is 81.0 cm³/mol. The standard InChI is InChI=1S/C15H29N3O2/c1-8-20-14(15(4,5)6)12(16)13-11(19-7)9-17-18(13)10(2)3/h9-10,12,14H,8,16H2,1-7H3. The zero-order chi connectivity index (χ0) is 15.5. The van der Waals surface area contributed by atoms with Gasteiger partial charge in [-0.2, -0.15) is 5.10 Å². The third kappa shape index (κ3) is 3.52. The van der Waals surface area contributed by atoms with E-state index in [-0.39, 0.29) is 23.6 Å². The molecule has 0 radical (unpaired) electrons. The zero-order valence-electron chi connectivity index (χ0n) is 13.8. The molecule has 2 unspecified atom stereocenters. The van der Waals surface area contributed by atoms with Crippen LogP contribution in [0, 0.1) is 5.41 Å². The zero-order valence-corrected chi connectivity index (χ0v) is 13.8. The molecule has 1 heterocycles. The maximum atomic E-state index is 6.51. The van der Waals surface area contributed by atoms with Gasteiger partial charge in [-0.25, -0.2) is 0 Å². The molecule has 0 aromatic carbocycles. The van der Waals surface area contributed by atoms with E-state index in [1.165, 1.54) is 0 Å². The van der Waals surface area contributed by atoms with Crippen LogP contribution < -0.4 is 10.5 Å². The van der Waals surface area contributed by atoms with Crippen LogP contribution in [0.1, 0.15) is 59.3 Å². The predicted octanol–water partition coefficient (Wildman–Crippen LogP) is 2.92.